The number of aliphatic hydroxyl groups is 1. The highest BCUT2D eigenvalue weighted by Crippen LogP contribution is 2.31. The van der Waals surface area contributed by atoms with Gasteiger partial charge in [-0.1, -0.05) is 0 Å². The molecule has 0 spiro atoms. The maximum Gasteiger partial charge on any atom is 0.140 e. The summed E-state index contributed by atoms with van der Waals surface area (Å²) in [7, 11) is 0. The molecular weight excluding hydrogens is 192 g/mol. The molecule has 0 aliphatic carbocycles. The van der Waals surface area contributed by atoms with Crippen LogP contribution >= 0.6 is 0 Å². The first-order valence-corrected chi connectivity index (χ1v) is 4.89. The molecule has 2 rings (SSSR count). The number of hydrogen-bond acceptors (Lipinski definition) is 3. The highest BCUT2D eigenvalue weighted by Gasteiger charge is 2.22. The highest BCUT2D eigenvalue weighted by molar-refractivity contribution is 5.36. The van der Waals surface area contributed by atoms with E-state index in [9.17, 15) is 5.11 Å². The van der Waals surface area contributed by atoms with Crippen LogP contribution in [0, 0.1) is 20.8 Å². The zero-order valence-electron chi connectivity index (χ0n) is 9.07. The first-order valence-electron chi connectivity index (χ1n) is 4.89. The maximum absolute atomic E-state index is 10.1. The molecule has 3 heteroatoms. The van der Waals surface area contributed by atoms with Crippen LogP contribution in [0.2, 0.25) is 0 Å². The standard InChI is InChI=1S/C12H14O3/c1-7-8(2)15-9(3)11(7)12(13)10-5-4-6-14-10/h4-6,12-13H,1-3H3. The molecular formula is C12H14O3. The van der Waals surface area contributed by atoms with Crippen molar-refractivity contribution in [2.75, 3.05) is 0 Å². The molecule has 1 unspecified atom stereocenters. The van der Waals surface area contributed by atoms with Crippen LogP contribution in [-0.4, -0.2) is 5.11 Å². The second-order valence-electron chi connectivity index (χ2n) is 3.67. The molecule has 0 fully saturated rings. The summed E-state index contributed by atoms with van der Waals surface area (Å²) in [5.74, 6) is 2.13. The summed E-state index contributed by atoms with van der Waals surface area (Å²) in [6.45, 7) is 5.68. The van der Waals surface area contributed by atoms with Gasteiger partial charge in [0.25, 0.3) is 0 Å². The van der Waals surface area contributed by atoms with E-state index in [0.29, 0.717) is 5.76 Å². The summed E-state index contributed by atoms with van der Waals surface area (Å²) in [6, 6.07) is 3.52. The van der Waals surface area contributed by atoms with Gasteiger partial charge in [0, 0.05) is 5.56 Å². The zero-order valence-corrected chi connectivity index (χ0v) is 9.07. The lowest BCUT2D eigenvalue weighted by atomic mass is 10.0. The van der Waals surface area contributed by atoms with Crippen molar-refractivity contribution < 1.29 is 13.9 Å². The van der Waals surface area contributed by atoms with E-state index in [1.54, 1.807) is 18.4 Å². The Morgan fingerprint density at radius 3 is 2.40 bits per heavy atom. The molecule has 3 nitrogen and oxygen atoms in total. The van der Waals surface area contributed by atoms with Crippen molar-refractivity contribution in [2.24, 2.45) is 0 Å². The summed E-state index contributed by atoms with van der Waals surface area (Å²) in [6.07, 6.45) is 0.813. The minimum absolute atomic E-state index is 0.544. The predicted octanol–water partition coefficient (Wildman–Crippen LogP) is 2.88. The fraction of sp³-hybridized carbons (Fsp3) is 0.333. The summed E-state index contributed by atoms with van der Waals surface area (Å²) >= 11 is 0. The summed E-state index contributed by atoms with van der Waals surface area (Å²) in [4.78, 5) is 0. The molecule has 2 aromatic rings. The van der Waals surface area contributed by atoms with E-state index < -0.39 is 6.10 Å². The number of aliphatic hydroxyl groups excluding tert-OH is 1. The van der Waals surface area contributed by atoms with Crippen LogP contribution < -0.4 is 0 Å². The molecule has 0 radical (unpaired) electrons. The van der Waals surface area contributed by atoms with Crippen molar-refractivity contribution in [1.82, 2.24) is 0 Å². The molecule has 0 aliphatic heterocycles. The Morgan fingerprint density at radius 1 is 1.20 bits per heavy atom. The Kier molecular flexibility index (Phi) is 2.40. The second-order valence-corrected chi connectivity index (χ2v) is 3.67. The van der Waals surface area contributed by atoms with Gasteiger partial charge < -0.3 is 13.9 Å². The van der Waals surface area contributed by atoms with Gasteiger partial charge in [-0.25, -0.2) is 0 Å². The smallest absolute Gasteiger partial charge is 0.140 e. The molecule has 15 heavy (non-hydrogen) atoms. The molecule has 0 aromatic carbocycles. The van der Waals surface area contributed by atoms with Crippen LogP contribution in [0.1, 0.15) is 34.5 Å². The molecule has 80 valence electrons. The fourth-order valence-corrected chi connectivity index (χ4v) is 1.80. The first-order chi connectivity index (χ1) is 7.11. The van der Waals surface area contributed by atoms with Gasteiger partial charge >= 0.3 is 0 Å². The first kappa shape index (κ1) is 10.1. The molecule has 0 aliphatic rings. The van der Waals surface area contributed by atoms with E-state index in [1.807, 2.05) is 20.8 Å². The molecule has 0 amide bonds. The number of hydrogen-bond donors (Lipinski definition) is 1. The SMILES string of the molecule is Cc1oc(C)c(C(O)c2ccco2)c1C. The van der Waals surface area contributed by atoms with Gasteiger partial charge in [0.1, 0.15) is 23.4 Å². The van der Waals surface area contributed by atoms with Crippen LogP contribution in [0.25, 0.3) is 0 Å². The van der Waals surface area contributed by atoms with Crippen molar-refractivity contribution in [3.8, 4) is 0 Å². The van der Waals surface area contributed by atoms with Gasteiger partial charge in [-0.15, -0.1) is 0 Å². The molecule has 0 saturated carbocycles. The molecule has 0 bridgehead atoms. The van der Waals surface area contributed by atoms with Crippen LogP contribution in [-0.2, 0) is 0 Å². The summed E-state index contributed by atoms with van der Waals surface area (Å²) in [5, 5.41) is 10.1. The Hall–Kier alpha value is -1.48. The zero-order chi connectivity index (χ0) is 11.0. The summed E-state index contributed by atoms with van der Waals surface area (Å²) < 4.78 is 10.6. The minimum atomic E-state index is -0.738. The Balaban J connectivity index is 2.46. The molecule has 0 saturated heterocycles. The van der Waals surface area contributed by atoms with Gasteiger partial charge in [0.05, 0.1) is 6.26 Å². The number of rotatable bonds is 2. The Bertz CT molecular complexity index is 451. The average Bonchev–Trinajstić information content (AvgIpc) is 2.76. The largest absolute Gasteiger partial charge is 0.466 e. The maximum atomic E-state index is 10.1. The van der Waals surface area contributed by atoms with Crippen LogP contribution in [0.4, 0.5) is 0 Å². The fourth-order valence-electron chi connectivity index (χ4n) is 1.80. The second kappa shape index (κ2) is 3.59. The van der Waals surface area contributed by atoms with Gasteiger partial charge in [0.2, 0.25) is 0 Å². The number of furan rings is 2. The summed E-state index contributed by atoms with van der Waals surface area (Å²) in [5.41, 5.74) is 1.79. The van der Waals surface area contributed by atoms with Gasteiger partial charge in [0.15, 0.2) is 0 Å². The quantitative estimate of drug-likeness (QED) is 0.821. The minimum Gasteiger partial charge on any atom is -0.466 e. The monoisotopic (exact) mass is 206 g/mol. The lowest BCUT2D eigenvalue weighted by molar-refractivity contribution is 0.187. The van der Waals surface area contributed by atoms with Gasteiger partial charge in [-0.05, 0) is 38.5 Å². The average molecular weight is 206 g/mol. The number of aryl methyl sites for hydroxylation is 2. The normalized spacial score (nSPS) is 13.1. The lowest BCUT2D eigenvalue weighted by Crippen LogP contribution is -2.00. The van der Waals surface area contributed by atoms with Crippen LogP contribution in [0.15, 0.2) is 27.2 Å². The van der Waals surface area contributed by atoms with E-state index in [4.69, 9.17) is 8.83 Å². The van der Waals surface area contributed by atoms with Crippen molar-refractivity contribution in [2.45, 2.75) is 26.9 Å². The Labute approximate surface area is 88.3 Å². The molecule has 1 N–H and O–H groups in total. The third-order valence-electron chi connectivity index (χ3n) is 2.70. The van der Waals surface area contributed by atoms with Crippen molar-refractivity contribution >= 4 is 0 Å². The third-order valence-corrected chi connectivity index (χ3v) is 2.70. The van der Waals surface area contributed by atoms with E-state index in [1.165, 1.54) is 0 Å². The van der Waals surface area contributed by atoms with E-state index in [-0.39, 0.29) is 0 Å². The molecule has 2 aromatic heterocycles. The van der Waals surface area contributed by atoms with Crippen molar-refractivity contribution in [1.29, 1.82) is 0 Å². The van der Waals surface area contributed by atoms with Crippen molar-refractivity contribution in [3.05, 3.63) is 46.8 Å². The predicted molar refractivity (Wildman–Crippen MR) is 55.7 cm³/mol. The topological polar surface area (TPSA) is 46.5 Å². The van der Waals surface area contributed by atoms with Gasteiger partial charge in [-0.3, -0.25) is 0 Å². The van der Waals surface area contributed by atoms with E-state index >= 15 is 0 Å². The van der Waals surface area contributed by atoms with Gasteiger partial charge in [-0.2, -0.15) is 0 Å². The molecule has 2 heterocycles. The van der Waals surface area contributed by atoms with Crippen molar-refractivity contribution in [3.63, 3.8) is 0 Å². The van der Waals surface area contributed by atoms with E-state index in [2.05, 4.69) is 0 Å². The lowest BCUT2D eigenvalue weighted by Gasteiger charge is -2.07. The van der Waals surface area contributed by atoms with E-state index in [0.717, 1.165) is 22.6 Å². The Morgan fingerprint density at radius 2 is 1.93 bits per heavy atom. The molecule has 1 atom stereocenters. The van der Waals surface area contributed by atoms with Crippen LogP contribution in [0.5, 0.6) is 0 Å². The highest BCUT2D eigenvalue weighted by atomic mass is 16.4. The third kappa shape index (κ3) is 1.59. The van der Waals surface area contributed by atoms with Crippen LogP contribution in [0.3, 0.4) is 0 Å².